The van der Waals surface area contributed by atoms with Gasteiger partial charge in [-0.1, -0.05) is 77.3 Å². The Kier molecular flexibility index (Phi) is 16.5. The number of sulfonamides is 2. The average molecular weight is 1210 g/mol. The van der Waals surface area contributed by atoms with Crippen LogP contribution in [0.1, 0.15) is 36.8 Å². The SMILES string of the molecule is Cc1ccc(S(=O)(=O)n2cc(-c3cccc(S(=O)(=O)N4CCCC4)c3)c3c(-c4ccsc4)ccnc32)cc1.Cc1ccc(S(=O)(=O)n2cc(-c3cccc(S(=O)(=O)N4CCCC4)c3)c3c(Cl)ccnc32)cc1.OB(O)c1ccsc1. The van der Waals surface area contributed by atoms with Crippen molar-refractivity contribution in [3.63, 3.8) is 0 Å². The van der Waals surface area contributed by atoms with Crippen molar-refractivity contribution in [2.75, 3.05) is 26.2 Å². The van der Waals surface area contributed by atoms with E-state index in [4.69, 9.17) is 21.6 Å². The van der Waals surface area contributed by atoms with E-state index in [1.807, 2.05) is 42.8 Å². The summed E-state index contributed by atoms with van der Waals surface area (Å²) >= 11 is 9.49. The Morgan fingerprint density at radius 3 is 1.38 bits per heavy atom. The molecule has 2 fully saturated rings. The average Bonchev–Trinajstić information content (AvgIpc) is 4.43. The van der Waals surface area contributed by atoms with Crippen molar-refractivity contribution in [1.29, 1.82) is 0 Å². The Morgan fingerprint density at radius 1 is 0.487 bits per heavy atom. The molecule has 0 aliphatic carbocycles. The van der Waals surface area contributed by atoms with E-state index in [0.29, 0.717) is 69.7 Å². The standard InChI is InChI=1S/C28H25N3O4S3.C24H22ClN3O4S2.C4H5BO2S/c1-20-7-9-23(10-8-20)38(34,35)31-18-26(27-25(11-13-29-28(27)31)22-12-16-36-19-22)21-5-4-6-24(17-21)37(32,33)30-14-2-3-15-30;1-17-7-9-19(10-8-17)34(31,32)28-16-21(23-22(25)11-12-26-24(23)28)18-5-4-6-20(15-18)33(29,30)27-13-2-3-14-27;6-5(7)4-1-2-8-3-4/h4-13,16-19H,2-3,14-15H2,1H3;4-12,15-16H,2-3,13-14H2,1H3;1-3,6-7H. The summed E-state index contributed by atoms with van der Waals surface area (Å²) in [5.41, 5.74) is 6.93. The first-order valence-corrected chi connectivity index (χ1v) is 33.2. The van der Waals surface area contributed by atoms with Crippen LogP contribution in [0.15, 0.2) is 187 Å². The number of pyridine rings is 2. The fraction of sp³-hybridized carbons (Fsp3) is 0.179. The molecule has 0 saturated carbocycles. The van der Waals surface area contributed by atoms with E-state index in [1.165, 1.54) is 36.3 Å². The van der Waals surface area contributed by atoms with E-state index in [9.17, 15) is 33.7 Å². The van der Waals surface area contributed by atoms with Gasteiger partial charge in [0.2, 0.25) is 20.0 Å². The van der Waals surface area contributed by atoms with Gasteiger partial charge in [0.15, 0.2) is 11.3 Å². The van der Waals surface area contributed by atoms with Crippen LogP contribution in [-0.4, -0.2) is 104 Å². The maximum absolute atomic E-state index is 13.8. The van der Waals surface area contributed by atoms with Gasteiger partial charge in [-0.15, -0.1) is 0 Å². The number of hydrogen-bond donors (Lipinski definition) is 2. The topological polar surface area (TPSA) is 219 Å². The van der Waals surface area contributed by atoms with Crippen LogP contribution in [0, 0.1) is 13.8 Å². The van der Waals surface area contributed by atoms with Crippen LogP contribution < -0.4 is 5.46 Å². The number of halogens is 1. The number of benzene rings is 4. The van der Waals surface area contributed by atoms with E-state index in [-0.39, 0.29) is 30.9 Å². The molecule has 0 amide bonds. The van der Waals surface area contributed by atoms with E-state index in [2.05, 4.69) is 9.97 Å². The molecule has 8 heterocycles. The Morgan fingerprint density at radius 2 is 0.938 bits per heavy atom. The Hall–Kier alpha value is -6.35. The molecule has 0 unspecified atom stereocenters. The van der Waals surface area contributed by atoms with Crippen molar-refractivity contribution in [2.24, 2.45) is 0 Å². The van der Waals surface area contributed by atoms with E-state index >= 15 is 0 Å². The Balaban J connectivity index is 0.000000159. The highest BCUT2D eigenvalue weighted by atomic mass is 35.5. The second kappa shape index (κ2) is 23.3. The predicted molar refractivity (Wildman–Crippen MR) is 316 cm³/mol. The van der Waals surface area contributed by atoms with Crippen LogP contribution in [0.25, 0.3) is 55.4 Å². The van der Waals surface area contributed by atoms with Crippen molar-refractivity contribution in [1.82, 2.24) is 26.5 Å². The summed E-state index contributed by atoms with van der Waals surface area (Å²) in [5.74, 6) is 0. The lowest BCUT2D eigenvalue weighted by molar-refractivity contribution is 0.426. The van der Waals surface area contributed by atoms with Gasteiger partial charge in [0.05, 0.1) is 24.6 Å². The second-order valence-corrected chi connectivity index (χ2v) is 28.6. The highest BCUT2D eigenvalue weighted by Gasteiger charge is 2.31. The first kappa shape index (κ1) is 56.9. The molecule has 80 heavy (non-hydrogen) atoms. The molecule has 0 bridgehead atoms. The molecule has 0 spiro atoms. The molecular formula is C56H52BClN6O10S6. The molecule has 0 atom stereocenters. The maximum atomic E-state index is 13.8. The number of hydrogen-bond acceptors (Lipinski definition) is 14. The van der Waals surface area contributed by atoms with Crippen LogP contribution in [0.2, 0.25) is 5.02 Å². The third-order valence-electron chi connectivity index (χ3n) is 13.8. The zero-order valence-electron chi connectivity index (χ0n) is 43.1. The van der Waals surface area contributed by atoms with Crippen molar-refractivity contribution in [3.05, 3.63) is 184 Å². The van der Waals surface area contributed by atoms with E-state index < -0.39 is 47.2 Å². The van der Waals surface area contributed by atoms with Crippen LogP contribution in [0.3, 0.4) is 0 Å². The van der Waals surface area contributed by atoms with Crippen LogP contribution in [0.4, 0.5) is 0 Å². The van der Waals surface area contributed by atoms with Crippen LogP contribution in [-0.2, 0) is 40.1 Å². The zero-order valence-corrected chi connectivity index (χ0v) is 48.7. The molecule has 4 aromatic carbocycles. The number of fused-ring (bicyclic) bond motifs is 2. The molecule has 16 nitrogen and oxygen atoms in total. The zero-order chi connectivity index (χ0) is 56.6. The summed E-state index contributed by atoms with van der Waals surface area (Å²) in [7, 11) is -16.5. The highest BCUT2D eigenvalue weighted by molar-refractivity contribution is 7.90. The quantitative estimate of drug-likeness (QED) is 0.109. The van der Waals surface area contributed by atoms with Crippen LogP contribution in [0.5, 0.6) is 0 Å². The molecule has 10 aromatic rings. The lowest BCUT2D eigenvalue weighted by Gasteiger charge is -2.16. The summed E-state index contributed by atoms with van der Waals surface area (Å²) in [4.78, 5) is 9.43. The van der Waals surface area contributed by atoms with Crippen LogP contribution >= 0.6 is 34.3 Å². The minimum Gasteiger partial charge on any atom is -0.423 e. The molecule has 12 rings (SSSR count). The minimum atomic E-state index is -3.98. The lowest BCUT2D eigenvalue weighted by atomic mass is 9.83. The van der Waals surface area contributed by atoms with Gasteiger partial charge in [-0.2, -0.15) is 31.3 Å². The third-order valence-corrected chi connectivity index (χ3v) is 22.6. The Labute approximate surface area is 478 Å². The highest BCUT2D eigenvalue weighted by Crippen LogP contribution is 2.41. The summed E-state index contributed by atoms with van der Waals surface area (Å²) in [6, 6.07) is 33.6. The fourth-order valence-corrected chi connectivity index (χ4v) is 16.9. The minimum absolute atomic E-state index is 0.119. The first-order chi connectivity index (χ1) is 38.3. The molecule has 6 aromatic heterocycles. The van der Waals surface area contributed by atoms with Crippen molar-refractivity contribution < 1.29 is 43.7 Å². The molecule has 24 heteroatoms. The number of rotatable bonds is 12. The monoisotopic (exact) mass is 1210 g/mol. The molecule has 2 aliphatic heterocycles. The van der Waals surface area contributed by atoms with Gasteiger partial charge in [0.1, 0.15) is 0 Å². The number of thiophene rings is 2. The number of nitrogens with zero attached hydrogens (tertiary/aromatic N) is 6. The molecular weight excluding hydrogens is 1160 g/mol. The van der Waals surface area contributed by atoms with Gasteiger partial charge in [0.25, 0.3) is 20.0 Å². The normalized spacial score (nSPS) is 14.5. The molecule has 2 aliphatic rings. The van der Waals surface area contributed by atoms with Gasteiger partial charge in [0, 0.05) is 72.9 Å². The maximum Gasteiger partial charge on any atom is 0.489 e. The molecule has 2 saturated heterocycles. The molecule has 0 radical (unpaired) electrons. The number of aromatic nitrogens is 4. The fourth-order valence-electron chi connectivity index (χ4n) is 9.55. The summed E-state index contributed by atoms with van der Waals surface area (Å²) in [6.07, 6.45) is 9.44. The first-order valence-electron chi connectivity index (χ1n) is 25.2. The lowest BCUT2D eigenvalue weighted by Crippen LogP contribution is -2.27. The summed E-state index contributed by atoms with van der Waals surface area (Å²) in [5, 5.41) is 25.8. The smallest absolute Gasteiger partial charge is 0.423 e. The largest absolute Gasteiger partial charge is 0.489 e. The Bertz CT molecular complexity index is 4340. The second-order valence-electron chi connectivity index (χ2n) is 19.1. The van der Waals surface area contributed by atoms with Crippen molar-refractivity contribution in [2.45, 2.75) is 59.1 Å². The van der Waals surface area contributed by atoms with E-state index in [1.54, 1.807) is 138 Å². The molecule has 412 valence electrons. The van der Waals surface area contributed by atoms with Gasteiger partial charge >= 0.3 is 7.12 Å². The summed E-state index contributed by atoms with van der Waals surface area (Å²) in [6.45, 7) is 5.79. The number of aryl methyl sites for hydroxylation is 2. The summed E-state index contributed by atoms with van der Waals surface area (Å²) < 4.78 is 113. The van der Waals surface area contributed by atoms with Crippen molar-refractivity contribution >= 4 is 109 Å². The van der Waals surface area contributed by atoms with E-state index in [0.717, 1.165) is 51.9 Å². The molecule has 2 N–H and O–H groups in total. The van der Waals surface area contributed by atoms with Gasteiger partial charge < -0.3 is 10.0 Å². The third kappa shape index (κ3) is 11.3. The van der Waals surface area contributed by atoms with Crippen molar-refractivity contribution in [3.8, 4) is 33.4 Å². The predicted octanol–water partition coefficient (Wildman–Crippen LogP) is 9.88. The van der Waals surface area contributed by atoms with Gasteiger partial charge in [-0.3, -0.25) is 0 Å². The van der Waals surface area contributed by atoms with Gasteiger partial charge in [-0.05, 0) is 155 Å². The van der Waals surface area contributed by atoms with Gasteiger partial charge in [-0.25, -0.2) is 51.6 Å².